The maximum atomic E-state index is 12.7. The molecule has 6 nitrogen and oxygen atoms in total. The van der Waals surface area contributed by atoms with Crippen molar-refractivity contribution in [2.24, 2.45) is 0 Å². The van der Waals surface area contributed by atoms with E-state index >= 15 is 0 Å². The van der Waals surface area contributed by atoms with E-state index in [0.29, 0.717) is 22.5 Å². The average Bonchev–Trinajstić information content (AvgIpc) is 3.32. The molecule has 1 aliphatic rings. The second kappa shape index (κ2) is 7.00. The zero-order valence-electron chi connectivity index (χ0n) is 14.3. The van der Waals surface area contributed by atoms with Gasteiger partial charge in [0.2, 0.25) is 5.91 Å². The van der Waals surface area contributed by atoms with Crippen LogP contribution in [-0.4, -0.2) is 35.0 Å². The van der Waals surface area contributed by atoms with Crippen LogP contribution in [0.2, 0.25) is 0 Å². The quantitative estimate of drug-likeness (QED) is 0.784. The molecular weight excluding hydrogens is 330 g/mol. The largest absolute Gasteiger partial charge is 0.356 e. The van der Waals surface area contributed by atoms with Gasteiger partial charge in [0.15, 0.2) is 5.58 Å². The van der Waals surface area contributed by atoms with Crippen LogP contribution in [-0.2, 0) is 11.2 Å². The maximum absolute atomic E-state index is 12.7. The highest BCUT2D eigenvalue weighted by atomic mass is 16.5. The summed E-state index contributed by atoms with van der Waals surface area (Å²) in [7, 11) is 0. The molecule has 0 unspecified atom stereocenters. The number of benzene rings is 2. The summed E-state index contributed by atoms with van der Waals surface area (Å²) < 4.78 is 5.24. The lowest BCUT2D eigenvalue weighted by atomic mass is 10.1. The minimum Gasteiger partial charge on any atom is -0.356 e. The third kappa shape index (κ3) is 3.18. The van der Waals surface area contributed by atoms with Crippen LogP contribution in [0.1, 0.15) is 28.9 Å². The van der Waals surface area contributed by atoms with Crippen molar-refractivity contribution in [3.05, 3.63) is 59.8 Å². The number of likely N-dealkylation sites (tertiary alicyclic amines) is 1. The fourth-order valence-electron chi connectivity index (χ4n) is 3.28. The van der Waals surface area contributed by atoms with Crippen molar-refractivity contribution in [2.75, 3.05) is 18.4 Å². The molecule has 0 atom stereocenters. The summed E-state index contributed by atoms with van der Waals surface area (Å²) in [4.78, 5) is 27.0. The Morgan fingerprint density at radius 3 is 2.62 bits per heavy atom. The van der Waals surface area contributed by atoms with Crippen molar-refractivity contribution < 1.29 is 14.1 Å². The van der Waals surface area contributed by atoms with Gasteiger partial charge in [-0.3, -0.25) is 9.59 Å². The first-order valence-corrected chi connectivity index (χ1v) is 8.74. The van der Waals surface area contributed by atoms with Crippen LogP contribution in [0, 0.1) is 0 Å². The minimum atomic E-state index is -0.231. The second-order valence-electron chi connectivity index (χ2n) is 6.40. The van der Waals surface area contributed by atoms with E-state index in [-0.39, 0.29) is 18.2 Å². The van der Waals surface area contributed by atoms with E-state index in [0.717, 1.165) is 31.3 Å². The minimum absolute atomic E-state index is 0.0368. The normalized spacial score (nSPS) is 13.9. The van der Waals surface area contributed by atoms with Crippen molar-refractivity contribution in [1.82, 2.24) is 10.1 Å². The number of aromatic nitrogens is 1. The molecule has 1 aromatic heterocycles. The molecule has 0 saturated carbocycles. The molecule has 1 N–H and O–H groups in total. The fourth-order valence-corrected chi connectivity index (χ4v) is 3.28. The second-order valence-corrected chi connectivity index (χ2v) is 6.40. The first kappa shape index (κ1) is 16.3. The number of para-hydroxylation sites is 2. The topological polar surface area (TPSA) is 75.4 Å². The molecule has 1 saturated heterocycles. The summed E-state index contributed by atoms with van der Waals surface area (Å²) in [6, 6.07) is 14.5. The van der Waals surface area contributed by atoms with E-state index in [1.807, 2.05) is 41.3 Å². The van der Waals surface area contributed by atoms with Crippen molar-refractivity contribution >= 4 is 28.5 Å². The third-order valence-electron chi connectivity index (χ3n) is 4.60. The van der Waals surface area contributed by atoms with Gasteiger partial charge in [0.05, 0.1) is 17.7 Å². The predicted octanol–water partition coefficient (Wildman–Crippen LogP) is 3.25. The molecule has 2 amide bonds. The zero-order valence-corrected chi connectivity index (χ0v) is 14.3. The SMILES string of the molecule is O=C(Cc1noc2ccccc12)Nc1ccccc1C(=O)N1CCCC1. The molecule has 2 aromatic carbocycles. The first-order chi connectivity index (χ1) is 12.7. The molecule has 0 aliphatic carbocycles. The van der Waals surface area contributed by atoms with Gasteiger partial charge in [0.1, 0.15) is 5.69 Å². The van der Waals surface area contributed by atoms with E-state index in [9.17, 15) is 9.59 Å². The molecule has 2 heterocycles. The molecule has 4 rings (SSSR count). The van der Waals surface area contributed by atoms with Crippen molar-refractivity contribution in [3.8, 4) is 0 Å². The van der Waals surface area contributed by atoms with Crippen LogP contribution in [0.25, 0.3) is 11.0 Å². The molecule has 132 valence electrons. The van der Waals surface area contributed by atoms with Gasteiger partial charge in [-0.2, -0.15) is 0 Å². The number of anilines is 1. The molecule has 26 heavy (non-hydrogen) atoms. The van der Waals surface area contributed by atoms with Gasteiger partial charge in [-0.25, -0.2) is 0 Å². The number of nitrogens with zero attached hydrogens (tertiary/aromatic N) is 2. The van der Waals surface area contributed by atoms with Gasteiger partial charge in [0.25, 0.3) is 5.91 Å². The van der Waals surface area contributed by atoms with E-state index in [1.54, 1.807) is 12.1 Å². The zero-order chi connectivity index (χ0) is 17.9. The Labute approximate surface area is 150 Å². The Morgan fingerprint density at radius 2 is 1.77 bits per heavy atom. The maximum Gasteiger partial charge on any atom is 0.255 e. The lowest BCUT2D eigenvalue weighted by Crippen LogP contribution is -2.29. The van der Waals surface area contributed by atoms with Crippen LogP contribution in [0.4, 0.5) is 5.69 Å². The Bertz CT molecular complexity index is 958. The fraction of sp³-hybridized carbons (Fsp3) is 0.250. The highest BCUT2D eigenvalue weighted by molar-refractivity contribution is 6.04. The van der Waals surface area contributed by atoms with Crippen LogP contribution in [0.5, 0.6) is 0 Å². The highest BCUT2D eigenvalue weighted by Gasteiger charge is 2.22. The summed E-state index contributed by atoms with van der Waals surface area (Å²) in [5.41, 5.74) is 2.29. The summed E-state index contributed by atoms with van der Waals surface area (Å²) in [6.07, 6.45) is 2.14. The molecule has 1 fully saturated rings. The Kier molecular flexibility index (Phi) is 4.39. The number of hydrogen-bond donors (Lipinski definition) is 1. The summed E-state index contributed by atoms with van der Waals surface area (Å²) in [5.74, 6) is -0.268. The molecule has 0 radical (unpaired) electrons. The van der Waals surface area contributed by atoms with Crippen LogP contribution in [0.3, 0.4) is 0 Å². The Morgan fingerprint density at radius 1 is 1.04 bits per heavy atom. The van der Waals surface area contributed by atoms with E-state index in [1.165, 1.54) is 0 Å². The average molecular weight is 349 g/mol. The summed E-state index contributed by atoms with van der Waals surface area (Å²) >= 11 is 0. The summed E-state index contributed by atoms with van der Waals surface area (Å²) in [5, 5.41) is 7.66. The number of carbonyl (C=O) groups excluding carboxylic acids is 2. The standard InChI is InChI=1S/C20H19N3O3/c24-19(13-17-14-7-2-4-10-18(14)26-22-17)21-16-9-3-1-8-15(16)20(25)23-11-5-6-12-23/h1-4,7-10H,5-6,11-13H2,(H,21,24). The van der Waals surface area contributed by atoms with Gasteiger partial charge in [0, 0.05) is 18.5 Å². The monoisotopic (exact) mass is 349 g/mol. The van der Waals surface area contributed by atoms with Gasteiger partial charge in [-0.1, -0.05) is 29.4 Å². The van der Waals surface area contributed by atoms with Crippen LogP contribution >= 0.6 is 0 Å². The van der Waals surface area contributed by atoms with Gasteiger partial charge in [-0.05, 0) is 37.1 Å². The number of hydrogen-bond acceptors (Lipinski definition) is 4. The smallest absolute Gasteiger partial charge is 0.255 e. The van der Waals surface area contributed by atoms with Crippen molar-refractivity contribution in [2.45, 2.75) is 19.3 Å². The van der Waals surface area contributed by atoms with Crippen molar-refractivity contribution in [1.29, 1.82) is 0 Å². The van der Waals surface area contributed by atoms with E-state index < -0.39 is 0 Å². The van der Waals surface area contributed by atoms with Gasteiger partial charge < -0.3 is 14.7 Å². The molecule has 1 aliphatic heterocycles. The number of amides is 2. The molecule has 3 aromatic rings. The lowest BCUT2D eigenvalue weighted by molar-refractivity contribution is -0.115. The molecule has 0 spiro atoms. The van der Waals surface area contributed by atoms with Crippen molar-refractivity contribution in [3.63, 3.8) is 0 Å². The number of carbonyl (C=O) groups is 2. The van der Waals surface area contributed by atoms with E-state index in [4.69, 9.17) is 4.52 Å². The molecule has 6 heteroatoms. The first-order valence-electron chi connectivity index (χ1n) is 8.74. The third-order valence-corrected chi connectivity index (χ3v) is 4.60. The van der Waals surface area contributed by atoms with Gasteiger partial charge in [-0.15, -0.1) is 0 Å². The summed E-state index contributed by atoms with van der Waals surface area (Å²) in [6.45, 7) is 1.54. The number of rotatable bonds is 4. The highest BCUT2D eigenvalue weighted by Crippen LogP contribution is 2.22. The van der Waals surface area contributed by atoms with Crippen LogP contribution in [0.15, 0.2) is 53.1 Å². The van der Waals surface area contributed by atoms with Crippen LogP contribution < -0.4 is 5.32 Å². The Hall–Kier alpha value is -3.15. The van der Waals surface area contributed by atoms with E-state index in [2.05, 4.69) is 10.5 Å². The number of fused-ring (bicyclic) bond motifs is 1. The predicted molar refractivity (Wildman–Crippen MR) is 97.9 cm³/mol. The molecule has 0 bridgehead atoms. The lowest BCUT2D eigenvalue weighted by Gasteiger charge is -2.17. The number of nitrogens with one attached hydrogen (secondary N) is 1. The Balaban J connectivity index is 1.52. The van der Waals surface area contributed by atoms with Gasteiger partial charge >= 0.3 is 0 Å². The molecular formula is C20H19N3O3.